The first-order valence-corrected chi connectivity index (χ1v) is 7.18. The van der Waals surface area contributed by atoms with E-state index >= 15 is 0 Å². The maximum Gasteiger partial charge on any atom is 0.240 e. The van der Waals surface area contributed by atoms with Crippen molar-refractivity contribution >= 4 is 5.91 Å². The largest absolute Gasteiger partial charge is 0.326 e. The number of hydrogen-bond acceptors (Lipinski definition) is 3. The van der Waals surface area contributed by atoms with Crippen molar-refractivity contribution in [3.8, 4) is 0 Å². The van der Waals surface area contributed by atoms with Gasteiger partial charge in [0.15, 0.2) is 0 Å². The summed E-state index contributed by atoms with van der Waals surface area (Å²) in [5.74, 6) is 0.236. The minimum Gasteiger partial charge on any atom is -0.326 e. The lowest BCUT2D eigenvalue weighted by Gasteiger charge is -2.28. The van der Waals surface area contributed by atoms with E-state index in [9.17, 15) is 4.79 Å². The van der Waals surface area contributed by atoms with Crippen molar-refractivity contribution in [2.45, 2.75) is 45.1 Å². The maximum atomic E-state index is 12.3. The van der Waals surface area contributed by atoms with Crippen LogP contribution in [0.15, 0.2) is 11.8 Å². The van der Waals surface area contributed by atoms with Crippen molar-refractivity contribution < 1.29 is 4.79 Å². The van der Waals surface area contributed by atoms with Crippen LogP contribution in [0.2, 0.25) is 0 Å². The summed E-state index contributed by atoms with van der Waals surface area (Å²) in [5.41, 5.74) is 7.11. The molecule has 0 saturated carbocycles. The van der Waals surface area contributed by atoms with Crippen LogP contribution in [0, 0.1) is 0 Å². The van der Waals surface area contributed by atoms with Crippen LogP contribution in [0.25, 0.3) is 0 Å². The molecule has 1 heterocycles. The molecule has 0 aromatic heterocycles. The fourth-order valence-corrected chi connectivity index (χ4v) is 2.89. The van der Waals surface area contributed by atoms with Crippen molar-refractivity contribution in [1.29, 1.82) is 0 Å². The normalized spacial score (nSPS) is 25.0. The van der Waals surface area contributed by atoms with Gasteiger partial charge in [0.05, 0.1) is 6.54 Å². The number of carbonyl (C=O) groups is 1. The van der Waals surface area contributed by atoms with Crippen molar-refractivity contribution in [2.24, 2.45) is 5.73 Å². The van der Waals surface area contributed by atoms with Gasteiger partial charge in [-0.15, -0.1) is 0 Å². The van der Waals surface area contributed by atoms with Crippen LogP contribution in [0.4, 0.5) is 0 Å². The highest BCUT2D eigenvalue weighted by Gasteiger charge is 2.24. The summed E-state index contributed by atoms with van der Waals surface area (Å²) in [6, 6.07) is 0.252. The number of hydrogen-bond donors (Lipinski definition) is 1. The fraction of sp³-hybridized carbons (Fsp3) is 0.786. The van der Waals surface area contributed by atoms with Gasteiger partial charge >= 0.3 is 0 Å². The topological polar surface area (TPSA) is 49.6 Å². The molecule has 2 rings (SSSR count). The van der Waals surface area contributed by atoms with Gasteiger partial charge in [-0.3, -0.25) is 9.69 Å². The highest BCUT2D eigenvalue weighted by Crippen LogP contribution is 2.21. The Morgan fingerprint density at radius 1 is 1.56 bits per heavy atom. The molecule has 1 aliphatic carbocycles. The Morgan fingerprint density at radius 3 is 2.94 bits per heavy atom. The van der Waals surface area contributed by atoms with E-state index in [0.717, 1.165) is 38.9 Å². The summed E-state index contributed by atoms with van der Waals surface area (Å²) in [5, 5.41) is 0. The lowest BCUT2D eigenvalue weighted by molar-refractivity contribution is -0.130. The zero-order chi connectivity index (χ0) is 13.0. The van der Waals surface area contributed by atoms with Crippen molar-refractivity contribution in [3.05, 3.63) is 11.8 Å². The van der Waals surface area contributed by atoms with Crippen LogP contribution in [0.5, 0.6) is 0 Å². The van der Waals surface area contributed by atoms with E-state index < -0.39 is 0 Å². The molecule has 1 atom stereocenters. The number of likely N-dealkylation sites (tertiary alicyclic amines) is 1. The Kier molecular flexibility index (Phi) is 4.78. The van der Waals surface area contributed by atoms with E-state index in [0.29, 0.717) is 6.54 Å². The number of carbonyl (C=O) groups excluding carboxylic acids is 1. The molecule has 0 aromatic rings. The summed E-state index contributed by atoms with van der Waals surface area (Å²) in [7, 11) is 0. The van der Waals surface area contributed by atoms with E-state index in [2.05, 4.69) is 17.9 Å². The zero-order valence-corrected chi connectivity index (χ0v) is 11.4. The molecule has 102 valence electrons. The molecule has 0 unspecified atom stereocenters. The lowest BCUT2D eigenvalue weighted by atomic mass is 10.0. The third-order valence-electron chi connectivity index (χ3n) is 3.90. The van der Waals surface area contributed by atoms with E-state index in [1.165, 1.54) is 18.5 Å². The molecule has 0 radical (unpaired) electrons. The average molecular weight is 251 g/mol. The van der Waals surface area contributed by atoms with Gasteiger partial charge in [0.1, 0.15) is 0 Å². The van der Waals surface area contributed by atoms with Crippen molar-refractivity contribution in [3.63, 3.8) is 0 Å². The van der Waals surface area contributed by atoms with Gasteiger partial charge in [0, 0.05) is 31.4 Å². The fourth-order valence-electron chi connectivity index (χ4n) is 2.89. The van der Waals surface area contributed by atoms with Gasteiger partial charge in [-0.2, -0.15) is 0 Å². The SMILES string of the molecule is CCN(C(=O)CN1CC[C@H](N)C1)C1=CCCCC1. The highest BCUT2D eigenvalue weighted by atomic mass is 16.2. The summed E-state index contributed by atoms with van der Waals surface area (Å²) in [6.45, 7) is 5.19. The van der Waals surface area contributed by atoms with Crippen LogP contribution in [-0.2, 0) is 4.79 Å². The van der Waals surface area contributed by atoms with Gasteiger partial charge in [-0.25, -0.2) is 0 Å². The van der Waals surface area contributed by atoms with Gasteiger partial charge in [-0.1, -0.05) is 6.08 Å². The molecule has 1 aliphatic heterocycles. The number of nitrogens with zero attached hydrogens (tertiary/aromatic N) is 2. The smallest absolute Gasteiger partial charge is 0.240 e. The maximum absolute atomic E-state index is 12.3. The first-order valence-electron chi connectivity index (χ1n) is 7.18. The first kappa shape index (κ1) is 13.6. The van der Waals surface area contributed by atoms with Gasteiger partial charge in [0.25, 0.3) is 0 Å². The van der Waals surface area contributed by atoms with E-state index in [1.807, 2.05) is 4.90 Å². The number of nitrogens with two attached hydrogens (primary N) is 1. The Bertz CT molecular complexity index is 327. The highest BCUT2D eigenvalue weighted by molar-refractivity contribution is 5.80. The number of rotatable bonds is 4. The molecule has 4 nitrogen and oxygen atoms in total. The third-order valence-corrected chi connectivity index (χ3v) is 3.90. The van der Waals surface area contributed by atoms with E-state index in [1.54, 1.807) is 0 Å². The molecule has 18 heavy (non-hydrogen) atoms. The second-order valence-corrected chi connectivity index (χ2v) is 5.36. The van der Waals surface area contributed by atoms with Gasteiger partial charge in [-0.05, 0) is 39.0 Å². The van der Waals surface area contributed by atoms with Crippen LogP contribution >= 0.6 is 0 Å². The Labute approximate surface area is 110 Å². The summed E-state index contributed by atoms with van der Waals surface area (Å²) >= 11 is 0. The summed E-state index contributed by atoms with van der Waals surface area (Å²) < 4.78 is 0. The molecule has 0 spiro atoms. The molecular weight excluding hydrogens is 226 g/mol. The van der Waals surface area contributed by atoms with Crippen LogP contribution in [0.3, 0.4) is 0 Å². The Balaban J connectivity index is 1.91. The molecule has 1 amide bonds. The lowest BCUT2D eigenvalue weighted by Crippen LogP contribution is -2.40. The van der Waals surface area contributed by atoms with E-state index in [-0.39, 0.29) is 11.9 Å². The second-order valence-electron chi connectivity index (χ2n) is 5.36. The first-order chi connectivity index (χ1) is 8.70. The monoisotopic (exact) mass is 251 g/mol. The second kappa shape index (κ2) is 6.34. The molecule has 1 saturated heterocycles. The Morgan fingerprint density at radius 2 is 2.39 bits per heavy atom. The summed E-state index contributed by atoms with van der Waals surface area (Å²) in [6.07, 6.45) is 7.90. The average Bonchev–Trinajstić information content (AvgIpc) is 2.77. The standard InChI is InChI=1S/C14H25N3O/c1-2-17(13-6-4-3-5-7-13)14(18)11-16-9-8-12(15)10-16/h6,12H,2-5,7-11,15H2,1H3/t12-/m0/s1. The van der Waals surface area contributed by atoms with Crippen molar-refractivity contribution in [1.82, 2.24) is 9.80 Å². The quantitative estimate of drug-likeness (QED) is 0.820. The molecule has 2 N–H and O–H groups in total. The van der Waals surface area contributed by atoms with Crippen LogP contribution < -0.4 is 5.73 Å². The molecule has 0 bridgehead atoms. The number of amides is 1. The molecule has 0 aromatic carbocycles. The van der Waals surface area contributed by atoms with Crippen molar-refractivity contribution in [2.75, 3.05) is 26.2 Å². The summed E-state index contributed by atoms with van der Waals surface area (Å²) in [4.78, 5) is 16.5. The predicted octanol–water partition coefficient (Wildman–Crippen LogP) is 1.33. The molecule has 2 aliphatic rings. The minimum atomic E-state index is 0.236. The van der Waals surface area contributed by atoms with Crippen LogP contribution in [0.1, 0.15) is 39.0 Å². The zero-order valence-electron chi connectivity index (χ0n) is 11.4. The predicted molar refractivity (Wildman–Crippen MR) is 73.0 cm³/mol. The third kappa shape index (κ3) is 3.33. The Hall–Kier alpha value is -0.870. The van der Waals surface area contributed by atoms with E-state index in [4.69, 9.17) is 5.73 Å². The van der Waals surface area contributed by atoms with Crippen LogP contribution in [-0.4, -0.2) is 47.9 Å². The molecular formula is C14H25N3O. The minimum absolute atomic E-state index is 0.236. The number of likely N-dealkylation sites (N-methyl/N-ethyl adjacent to an activating group) is 1. The van der Waals surface area contributed by atoms with Gasteiger partial charge < -0.3 is 10.6 Å². The van der Waals surface area contributed by atoms with Gasteiger partial charge in [0.2, 0.25) is 5.91 Å². The molecule has 1 fully saturated rings. The number of allylic oxidation sites excluding steroid dienone is 2. The molecule has 4 heteroatoms.